The number of imidazole rings is 3. The molecule has 0 spiro atoms. The molecular formula is C49H53Cl3N10O6. The summed E-state index contributed by atoms with van der Waals surface area (Å²) >= 11 is 0. The van der Waals surface area contributed by atoms with Gasteiger partial charge < -0.3 is 44.4 Å². The number of fused-ring (bicyclic) bond motifs is 1. The molecule has 2 fully saturated rings. The number of nitrogens with zero attached hydrogens (tertiary/aromatic N) is 6. The van der Waals surface area contributed by atoms with E-state index in [1.165, 1.54) is 14.2 Å². The highest BCUT2D eigenvalue weighted by molar-refractivity contribution is 5.97. The van der Waals surface area contributed by atoms with Crippen molar-refractivity contribution in [3.63, 3.8) is 0 Å². The minimum Gasteiger partial charge on any atom is -0.453 e. The fraction of sp³-hybridized carbons (Fsp3) is 0.327. The quantitative estimate of drug-likeness (QED) is 0.0991. The third kappa shape index (κ3) is 10.9. The number of ether oxygens (including phenoxy) is 2. The van der Waals surface area contributed by atoms with Crippen molar-refractivity contribution in [3.05, 3.63) is 114 Å². The molecule has 68 heavy (non-hydrogen) atoms. The summed E-state index contributed by atoms with van der Waals surface area (Å²) in [6.45, 7) is 4.83. The number of carbonyl (C=O) groups is 4. The van der Waals surface area contributed by atoms with Gasteiger partial charge in [0.2, 0.25) is 5.91 Å². The Labute approximate surface area is 413 Å². The second-order valence-corrected chi connectivity index (χ2v) is 16.3. The molecule has 2 aliphatic rings. The lowest BCUT2D eigenvalue weighted by Gasteiger charge is -2.30. The maximum absolute atomic E-state index is 13.9. The second kappa shape index (κ2) is 23.2. The average Bonchev–Trinajstić information content (AvgIpc) is 4.19. The summed E-state index contributed by atoms with van der Waals surface area (Å²) in [5, 5.41) is 5.40. The summed E-state index contributed by atoms with van der Waals surface area (Å²) in [7, 11) is 4.51. The first-order valence-electron chi connectivity index (χ1n) is 21.6. The van der Waals surface area contributed by atoms with Crippen LogP contribution < -0.4 is 10.6 Å². The Balaban J connectivity index is 0.00000288. The van der Waals surface area contributed by atoms with Gasteiger partial charge >= 0.3 is 12.2 Å². The van der Waals surface area contributed by atoms with Crippen LogP contribution in [-0.4, -0.2) is 96.6 Å². The van der Waals surface area contributed by atoms with Gasteiger partial charge in [0.15, 0.2) is 0 Å². The summed E-state index contributed by atoms with van der Waals surface area (Å²) in [6.07, 6.45) is 5.04. The molecule has 0 saturated carbocycles. The maximum Gasteiger partial charge on any atom is 0.407 e. The molecule has 4 atom stereocenters. The number of aromatic amines is 2. The number of aryl methyl sites for hydroxylation is 1. The van der Waals surface area contributed by atoms with Gasteiger partial charge in [0.1, 0.15) is 35.3 Å². The Hall–Kier alpha value is -6.98. The van der Waals surface area contributed by atoms with E-state index in [1.807, 2.05) is 86.1 Å². The van der Waals surface area contributed by atoms with Crippen LogP contribution in [0.5, 0.6) is 0 Å². The molecule has 8 rings (SSSR count). The van der Waals surface area contributed by atoms with Crippen molar-refractivity contribution in [2.24, 2.45) is 13.0 Å². The van der Waals surface area contributed by atoms with E-state index < -0.39 is 24.3 Å². The van der Waals surface area contributed by atoms with Crippen molar-refractivity contribution in [1.82, 2.24) is 49.9 Å². The fourth-order valence-corrected chi connectivity index (χ4v) is 8.68. The van der Waals surface area contributed by atoms with Gasteiger partial charge in [0.05, 0.1) is 61.0 Å². The number of H-pyrrole nitrogens is 2. The Bertz CT molecular complexity index is 2860. The first-order valence-corrected chi connectivity index (χ1v) is 21.6. The van der Waals surface area contributed by atoms with Crippen LogP contribution in [0.3, 0.4) is 0 Å². The molecule has 356 valence electrons. The van der Waals surface area contributed by atoms with Crippen molar-refractivity contribution >= 4 is 72.3 Å². The number of carbonyl (C=O) groups excluding carboxylic acids is 4. The number of amides is 4. The van der Waals surface area contributed by atoms with Gasteiger partial charge in [0.25, 0.3) is 5.91 Å². The first-order chi connectivity index (χ1) is 31.6. The second-order valence-electron chi connectivity index (χ2n) is 16.3. The molecule has 2 aliphatic heterocycles. The van der Waals surface area contributed by atoms with Crippen molar-refractivity contribution in [1.29, 1.82) is 0 Å². The molecule has 2 saturated heterocycles. The molecular weight excluding hydrogens is 931 g/mol. The topological polar surface area (TPSA) is 192 Å². The number of nitrogens with one attached hydrogen (secondary N) is 4. The van der Waals surface area contributed by atoms with Crippen molar-refractivity contribution in [3.8, 4) is 46.3 Å². The number of benzene rings is 3. The van der Waals surface area contributed by atoms with Gasteiger partial charge in [-0.2, -0.15) is 0 Å². The predicted molar refractivity (Wildman–Crippen MR) is 264 cm³/mol. The predicted octanol–water partition coefficient (Wildman–Crippen LogP) is 7.83. The molecule has 3 aromatic heterocycles. The highest BCUT2D eigenvalue weighted by Crippen LogP contribution is 2.37. The number of aromatic nitrogens is 6. The third-order valence-corrected chi connectivity index (χ3v) is 11.9. The van der Waals surface area contributed by atoms with Crippen LogP contribution in [0.25, 0.3) is 33.7 Å². The van der Waals surface area contributed by atoms with Crippen molar-refractivity contribution in [2.45, 2.75) is 63.7 Å². The van der Waals surface area contributed by atoms with E-state index in [0.717, 1.165) is 53.0 Å². The number of hydrogen-bond acceptors (Lipinski definition) is 9. The highest BCUT2D eigenvalue weighted by Gasteiger charge is 2.39. The number of hydrogen-bond donors (Lipinski definition) is 4. The van der Waals surface area contributed by atoms with Crippen molar-refractivity contribution in [2.75, 3.05) is 27.3 Å². The largest absolute Gasteiger partial charge is 0.453 e. The Morgan fingerprint density at radius 3 is 1.97 bits per heavy atom. The normalized spacial score (nSPS) is 15.9. The van der Waals surface area contributed by atoms with Gasteiger partial charge in [-0.25, -0.2) is 24.5 Å². The van der Waals surface area contributed by atoms with Gasteiger partial charge in [-0.3, -0.25) is 9.59 Å². The minimum absolute atomic E-state index is 0. The summed E-state index contributed by atoms with van der Waals surface area (Å²) in [5.74, 6) is 13.7. The summed E-state index contributed by atoms with van der Waals surface area (Å²) in [4.78, 5) is 76.9. The molecule has 0 aliphatic carbocycles. The first kappa shape index (κ1) is 52.0. The van der Waals surface area contributed by atoms with Crippen LogP contribution in [0.2, 0.25) is 0 Å². The van der Waals surface area contributed by atoms with E-state index in [-0.39, 0.29) is 67.0 Å². The molecule has 3 aromatic carbocycles. The zero-order valence-corrected chi connectivity index (χ0v) is 40.5. The number of halogens is 3. The summed E-state index contributed by atoms with van der Waals surface area (Å²) in [6, 6.07) is 20.6. The van der Waals surface area contributed by atoms with Gasteiger partial charge in [-0.1, -0.05) is 80.4 Å². The Morgan fingerprint density at radius 1 is 0.735 bits per heavy atom. The Kier molecular flexibility index (Phi) is 17.7. The SMILES string of the molecule is COC(=O)N[C@H](C(=O)N1CCC[C@H]1c1ncc(-c2ccc(C#CC#Cc3cnc([C@@H]4CCCN4C(=O)[C@H](NC(=O)OC)c4ccccc4)[nH]3)c3c2nc(-c2ccccc2)n3C)[nH]1)C(C)C.Cl.Cl.Cl. The maximum atomic E-state index is 13.9. The van der Waals surface area contributed by atoms with E-state index >= 15 is 0 Å². The molecule has 5 heterocycles. The zero-order chi connectivity index (χ0) is 45.6. The van der Waals surface area contributed by atoms with E-state index in [0.29, 0.717) is 47.9 Å². The highest BCUT2D eigenvalue weighted by atomic mass is 35.5. The van der Waals surface area contributed by atoms with Crippen molar-refractivity contribution < 1.29 is 28.7 Å². The van der Waals surface area contributed by atoms with Gasteiger partial charge in [-0.15, -0.1) is 37.2 Å². The molecule has 4 N–H and O–H groups in total. The number of rotatable bonds is 10. The molecule has 19 heteroatoms. The molecule has 4 amide bonds. The third-order valence-electron chi connectivity index (χ3n) is 11.9. The Morgan fingerprint density at radius 2 is 1.32 bits per heavy atom. The van der Waals surface area contributed by atoms with Gasteiger partial charge in [0, 0.05) is 31.3 Å². The van der Waals surface area contributed by atoms with Crippen LogP contribution in [0.1, 0.15) is 86.1 Å². The van der Waals surface area contributed by atoms with Crippen LogP contribution in [0.15, 0.2) is 85.2 Å². The van der Waals surface area contributed by atoms with Crippen LogP contribution in [0.4, 0.5) is 9.59 Å². The number of likely N-dealkylation sites (tertiary alicyclic amines) is 2. The van der Waals surface area contributed by atoms with Crippen LogP contribution in [0, 0.1) is 29.6 Å². The van der Waals surface area contributed by atoms with Gasteiger partial charge in [-0.05, 0) is 67.1 Å². The van der Waals surface area contributed by atoms with Crippen LogP contribution in [-0.2, 0) is 26.1 Å². The molecule has 0 radical (unpaired) electrons. The average molecular weight is 984 g/mol. The van der Waals surface area contributed by atoms with E-state index in [4.69, 9.17) is 19.4 Å². The fourth-order valence-electron chi connectivity index (χ4n) is 8.68. The standard InChI is InChI=1S/C49H50N10O6.3ClH/c1-30(2)39(55-48(62)64-4)46(60)58-26-15-23-38(58)44-51-29-36(53-44)35-25-24-32(42-41(35)54-45(57(42)3)33-19-10-7-11-20-33)18-12-13-21-34-28-50-43(52-34)37-22-14-27-59(37)47(61)40(56-49(63)65-5)31-16-8-6-9-17-31;;;/h6-11,16-17,19-20,24-25,28-30,37-40H,14-15,22-23,26-27H2,1-5H3,(H,50,52)(H,51,53)(H,55,62)(H,56,63);3*1H/t37-,38-,39-,40+;;;/m0.../s1. The lowest BCUT2D eigenvalue weighted by molar-refractivity contribution is -0.135. The summed E-state index contributed by atoms with van der Waals surface area (Å²) in [5.41, 5.74) is 5.94. The lowest BCUT2D eigenvalue weighted by Crippen LogP contribution is -2.51. The molecule has 0 bridgehead atoms. The minimum atomic E-state index is -0.920. The lowest BCUT2D eigenvalue weighted by atomic mass is 10.0. The molecule has 0 unspecified atom stereocenters. The van der Waals surface area contributed by atoms with E-state index in [1.54, 1.807) is 34.3 Å². The molecule has 16 nitrogen and oxygen atoms in total. The number of methoxy groups -OCH3 is 2. The van der Waals surface area contributed by atoms with E-state index in [2.05, 4.69) is 49.3 Å². The monoisotopic (exact) mass is 982 g/mol. The molecule has 6 aromatic rings. The van der Waals surface area contributed by atoms with E-state index in [9.17, 15) is 19.2 Å². The zero-order valence-electron chi connectivity index (χ0n) is 38.1. The summed E-state index contributed by atoms with van der Waals surface area (Å²) < 4.78 is 11.7. The number of alkyl carbamates (subject to hydrolysis) is 2. The smallest absolute Gasteiger partial charge is 0.407 e. The van der Waals surface area contributed by atoms with Crippen LogP contribution >= 0.6 is 37.2 Å².